The van der Waals surface area contributed by atoms with Gasteiger partial charge in [0.05, 0.1) is 61.6 Å². The molecular formula is C76H50N6. The summed E-state index contributed by atoms with van der Waals surface area (Å²) in [7, 11) is 0. The molecule has 0 radical (unpaired) electrons. The number of hydrogen-bond acceptors (Lipinski definition) is 2. The van der Waals surface area contributed by atoms with Crippen molar-refractivity contribution in [2.24, 2.45) is 0 Å². The van der Waals surface area contributed by atoms with Gasteiger partial charge in [-0.15, -0.1) is 0 Å². The number of nitrogens with one attached hydrogen (secondary N) is 1. The zero-order valence-corrected chi connectivity index (χ0v) is 44.5. The van der Waals surface area contributed by atoms with E-state index >= 15 is 0 Å². The molecule has 384 valence electrons. The van der Waals surface area contributed by atoms with Gasteiger partial charge in [0.25, 0.3) is 0 Å². The third-order valence-electron chi connectivity index (χ3n) is 17.0. The van der Waals surface area contributed by atoms with E-state index in [1.54, 1.807) is 0 Å². The highest BCUT2D eigenvalue weighted by molar-refractivity contribution is 6.27. The monoisotopic (exact) mass is 1050 g/mol. The summed E-state index contributed by atoms with van der Waals surface area (Å²) in [4.78, 5) is 5.21. The van der Waals surface area contributed by atoms with E-state index in [9.17, 15) is 0 Å². The average molecular weight is 1050 g/mol. The topological polar surface area (TPSA) is 44.6 Å². The molecule has 0 aliphatic carbocycles. The summed E-state index contributed by atoms with van der Waals surface area (Å²) in [5.74, 6) is 0. The summed E-state index contributed by atoms with van der Waals surface area (Å²) >= 11 is 0. The van der Waals surface area contributed by atoms with Gasteiger partial charge in [-0.1, -0.05) is 200 Å². The Bertz CT molecular complexity index is 5320. The highest BCUT2D eigenvalue weighted by Crippen LogP contribution is 2.45. The highest BCUT2D eigenvalue weighted by Gasteiger charge is 2.25. The van der Waals surface area contributed by atoms with Gasteiger partial charge in [0, 0.05) is 82.7 Å². The molecule has 16 aromatic rings. The third kappa shape index (κ3) is 7.04. The molecule has 11 aromatic carbocycles. The SMILES string of the molecule is C1=CC(c2ccccc2)NC(c2cccc(-n3c4ccccc4c4ccc5c(c6ccccc6n5-c5cccc(-n6c7ccccc7c7ccc8c9ccccc9n(-c9cccc(-c%10cccc(-c%11ccccc%11)n%10)c9)c8c76)c5)c43)c2)=C1. The molecule has 1 N–H and O–H groups in total. The lowest BCUT2D eigenvalue weighted by atomic mass is 10.0. The maximum atomic E-state index is 5.21. The van der Waals surface area contributed by atoms with Crippen LogP contribution in [0.1, 0.15) is 17.2 Å². The Labute approximate surface area is 472 Å². The lowest BCUT2D eigenvalue weighted by molar-refractivity contribution is 0.764. The van der Waals surface area contributed by atoms with Gasteiger partial charge in [0.2, 0.25) is 0 Å². The Morgan fingerprint density at radius 3 is 1.38 bits per heavy atom. The molecular weight excluding hydrogens is 997 g/mol. The molecule has 0 bridgehead atoms. The largest absolute Gasteiger partial charge is 0.374 e. The zero-order valence-electron chi connectivity index (χ0n) is 44.5. The van der Waals surface area contributed by atoms with Gasteiger partial charge in [0.1, 0.15) is 0 Å². The summed E-state index contributed by atoms with van der Waals surface area (Å²) in [5.41, 5.74) is 21.1. The molecule has 0 saturated carbocycles. The van der Waals surface area contributed by atoms with Crippen LogP contribution in [-0.2, 0) is 0 Å². The van der Waals surface area contributed by atoms with Crippen molar-refractivity contribution in [3.63, 3.8) is 0 Å². The number of pyridine rings is 1. The molecule has 0 fully saturated rings. The standard InChI is InChI=1S/C76H50N6/c1-3-20-49(21-4-1)64-34-18-36-66(77-64)51-24-15-26-53(46-51)80-68-38-11-7-30-57(68)60-44-45-72-73(74(60)80)63-33-10-14-41-71(63)79(72)55-28-17-29-56(48-55)82-70-40-13-9-32-59(70)62-43-42-61-58-31-8-12-39-69(58)81(75(61)76(62)82)54-27-16-25-52(47-54)67-37-19-35-65(78-67)50-22-5-2-6-23-50/h1-48,64,77H. The second kappa shape index (κ2) is 18.3. The molecule has 17 rings (SSSR count). The minimum atomic E-state index is 0.0842. The van der Waals surface area contributed by atoms with E-state index in [1.165, 1.54) is 59.7 Å². The van der Waals surface area contributed by atoms with E-state index in [1.807, 2.05) is 6.07 Å². The minimum absolute atomic E-state index is 0.0842. The van der Waals surface area contributed by atoms with Crippen LogP contribution in [0.15, 0.2) is 291 Å². The summed E-state index contributed by atoms with van der Waals surface area (Å²) in [6.45, 7) is 0. The van der Waals surface area contributed by atoms with E-state index in [2.05, 4.69) is 309 Å². The molecule has 0 amide bonds. The number of hydrogen-bond donors (Lipinski definition) is 1. The number of rotatable bonds is 8. The molecule has 0 spiro atoms. The van der Waals surface area contributed by atoms with Crippen LogP contribution in [0.3, 0.4) is 0 Å². The predicted octanol–water partition coefficient (Wildman–Crippen LogP) is 19.0. The molecule has 6 heterocycles. The van der Waals surface area contributed by atoms with Crippen molar-refractivity contribution in [3.8, 4) is 45.3 Å². The molecule has 1 aliphatic heterocycles. The van der Waals surface area contributed by atoms with Gasteiger partial charge >= 0.3 is 0 Å². The van der Waals surface area contributed by atoms with Gasteiger partial charge in [-0.25, -0.2) is 4.98 Å². The second-order valence-corrected chi connectivity index (χ2v) is 21.5. The molecule has 5 aromatic heterocycles. The highest BCUT2D eigenvalue weighted by atomic mass is 15.1. The first kappa shape index (κ1) is 46.0. The minimum Gasteiger partial charge on any atom is -0.374 e. The number of aromatic nitrogens is 5. The lowest BCUT2D eigenvalue weighted by Crippen LogP contribution is -2.20. The summed E-state index contributed by atoms with van der Waals surface area (Å²) < 4.78 is 9.95. The van der Waals surface area contributed by atoms with Crippen LogP contribution >= 0.6 is 0 Å². The number of nitrogens with zero attached hydrogens (tertiary/aromatic N) is 5. The van der Waals surface area contributed by atoms with E-state index in [0.29, 0.717) is 0 Å². The number of dihydropyridines is 1. The maximum absolute atomic E-state index is 5.21. The van der Waals surface area contributed by atoms with Crippen LogP contribution in [0, 0.1) is 0 Å². The molecule has 0 saturated heterocycles. The number of para-hydroxylation sites is 4. The molecule has 82 heavy (non-hydrogen) atoms. The molecule has 6 heteroatoms. The molecule has 1 atom stereocenters. The summed E-state index contributed by atoms with van der Waals surface area (Å²) in [6, 6.07) is 99.4. The number of fused-ring (bicyclic) bond motifs is 14. The normalized spacial score (nSPS) is 13.6. The van der Waals surface area contributed by atoms with Crippen molar-refractivity contribution in [1.82, 2.24) is 28.6 Å². The Kier molecular flexibility index (Phi) is 10.3. The third-order valence-corrected chi connectivity index (χ3v) is 17.0. The first-order valence-electron chi connectivity index (χ1n) is 28.2. The summed E-state index contributed by atoms with van der Waals surface area (Å²) in [6.07, 6.45) is 6.60. The zero-order chi connectivity index (χ0) is 53.8. The quantitative estimate of drug-likeness (QED) is 0.165. The van der Waals surface area contributed by atoms with Crippen LogP contribution in [0.2, 0.25) is 0 Å². The van der Waals surface area contributed by atoms with Crippen molar-refractivity contribution in [2.45, 2.75) is 6.04 Å². The lowest BCUT2D eigenvalue weighted by Gasteiger charge is -2.23. The first-order chi connectivity index (χ1) is 40.7. The van der Waals surface area contributed by atoms with Crippen molar-refractivity contribution in [2.75, 3.05) is 0 Å². The van der Waals surface area contributed by atoms with Gasteiger partial charge in [0.15, 0.2) is 0 Å². The fraction of sp³-hybridized carbons (Fsp3) is 0.0132. The van der Waals surface area contributed by atoms with Crippen molar-refractivity contribution in [3.05, 3.63) is 302 Å². The van der Waals surface area contributed by atoms with E-state index in [-0.39, 0.29) is 6.04 Å². The van der Waals surface area contributed by atoms with E-state index in [4.69, 9.17) is 4.98 Å². The fourth-order valence-electron chi connectivity index (χ4n) is 13.4. The van der Waals surface area contributed by atoms with E-state index < -0.39 is 0 Å². The smallest absolute Gasteiger partial charge is 0.0788 e. The second-order valence-electron chi connectivity index (χ2n) is 21.5. The van der Waals surface area contributed by atoms with E-state index in [0.717, 1.165) is 89.6 Å². The first-order valence-corrected chi connectivity index (χ1v) is 28.2. The fourth-order valence-corrected chi connectivity index (χ4v) is 13.4. The van der Waals surface area contributed by atoms with Crippen LogP contribution in [0.5, 0.6) is 0 Å². The Hall–Kier alpha value is -11.0. The molecule has 6 nitrogen and oxygen atoms in total. The van der Waals surface area contributed by atoms with Gasteiger partial charge in [-0.3, -0.25) is 0 Å². The van der Waals surface area contributed by atoms with Gasteiger partial charge in [-0.2, -0.15) is 0 Å². The van der Waals surface area contributed by atoms with Crippen molar-refractivity contribution < 1.29 is 0 Å². The average Bonchev–Trinajstić information content (AvgIpc) is 4.34. The van der Waals surface area contributed by atoms with Crippen LogP contribution in [-0.4, -0.2) is 23.3 Å². The van der Waals surface area contributed by atoms with Crippen LogP contribution < -0.4 is 5.32 Å². The molecule has 1 aliphatic rings. The van der Waals surface area contributed by atoms with Crippen molar-refractivity contribution >= 4 is 92.9 Å². The van der Waals surface area contributed by atoms with Gasteiger partial charge < -0.3 is 23.6 Å². The summed E-state index contributed by atoms with van der Waals surface area (Å²) in [5, 5.41) is 13.5. The Balaban J connectivity index is 0.864. The van der Waals surface area contributed by atoms with Gasteiger partial charge in [-0.05, 0) is 102 Å². The Morgan fingerprint density at radius 1 is 0.305 bits per heavy atom. The maximum Gasteiger partial charge on any atom is 0.0788 e. The number of allylic oxidation sites excluding steroid dienone is 2. The van der Waals surface area contributed by atoms with Crippen LogP contribution in [0.25, 0.3) is 138 Å². The van der Waals surface area contributed by atoms with Crippen LogP contribution in [0.4, 0.5) is 0 Å². The predicted molar refractivity (Wildman–Crippen MR) is 342 cm³/mol. The number of benzene rings is 11. The van der Waals surface area contributed by atoms with Crippen molar-refractivity contribution in [1.29, 1.82) is 0 Å². The molecule has 1 unspecified atom stereocenters. The Morgan fingerprint density at radius 2 is 0.744 bits per heavy atom.